The molecule has 0 aliphatic carbocycles. The molecule has 14 heteroatoms. The van der Waals surface area contributed by atoms with Crippen LogP contribution >= 0.6 is 7.82 Å². The van der Waals surface area contributed by atoms with Gasteiger partial charge in [-0.1, -0.05) is 50.2 Å². The third kappa shape index (κ3) is 12.2. The van der Waals surface area contributed by atoms with E-state index in [4.69, 9.17) is 19.3 Å². The zero-order valence-electron chi connectivity index (χ0n) is 22.0. The summed E-state index contributed by atoms with van der Waals surface area (Å²) in [6.07, 6.45) is -0.661. The average molecular weight is 570 g/mol. The van der Waals surface area contributed by atoms with Gasteiger partial charge in [0.25, 0.3) is 0 Å². The highest BCUT2D eigenvalue weighted by atomic mass is 31.2. The number of phenolic OH excluding ortho intramolecular Hbond substituents is 1. The Morgan fingerprint density at radius 3 is 2.18 bits per heavy atom. The zero-order chi connectivity index (χ0) is 28.3. The van der Waals surface area contributed by atoms with Gasteiger partial charge in [0.1, 0.15) is 18.7 Å². The second-order valence-corrected chi connectivity index (χ2v) is 9.95. The Balaban J connectivity index is 0.00000760. The topological polar surface area (TPSA) is 216 Å². The van der Waals surface area contributed by atoms with Crippen LogP contribution in [0.15, 0.2) is 48.5 Å². The van der Waals surface area contributed by atoms with Gasteiger partial charge in [0.05, 0.1) is 6.61 Å². The molecule has 39 heavy (non-hydrogen) atoms. The summed E-state index contributed by atoms with van der Waals surface area (Å²) < 4.78 is 25.7. The van der Waals surface area contributed by atoms with Gasteiger partial charge in [-0.15, -0.1) is 0 Å². The minimum Gasteiger partial charge on any atom is -0.504 e. The molecule has 0 fully saturated rings. The lowest BCUT2D eigenvalue weighted by molar-refractivity contribution is -0.147. The number of ether oxygens (including phenoxy) is 2. The van der Waals surface area contributed by atoms with E-state index < -0.39 is 49.4 Å². The van der Waals surface area contributed by atoms with E-state index in [0.29, 0.717) is 5.56 Å². The Hall–Kier alpha value is -3.64. The van der Waals surface area contributed by atoms with Crippen LogP contribution in [0.25, 0.3) is 0 Å². The normalized spacial score (nSPS) is 12.5. The number of amides is 2. The van der Waals surface area contributed by atoms with Crippen LogP contribution in [0.4, 0.5) is 4.79 Å². The molecule has 2 atom stereocenters. The molecule has 0 unspecified atom stereocenters. The van der Waals surface area contributed by atoms with Gasteiger partial charge in [0.2, 0.25) is 5.91 Å². The summed E-state index contributed by atoms with van der Waals surface area (Å²) in [6, 6.07) is 10.5. The van der Waals surface area contributed by atoms with E-state index in [-0.39, 0.29) is 38.1 Å². The van der Waals surface area contributed by atoms with Crippen molar-refractivity contribution < 1.29 is 47.8 Å². The monoisotopic (exact) mass is 569 g/mol. The molecule has 0 aliphatic heterocycles. The highest BCUT2D eigenvalue weighted by molar-refractivity contribution is 7.46. The number of phosphoric acid groups is 1. The number of alkyl carbamates (subject to hydrolysis) is 1. The number of carbonyl (C=O) groups excluding carboxylic acids is 3. The summed E-state index contributed by atoms with van der Waals surface area (Å²) in [5.74, 6) is -2.39. The minimum absolute atomic E-state index is 0. The van der Waals surface area contributed by atoms with Crippen molar-refractivity contribution in [3.05, 3.63) is 59.7 Å². The Bertz CT molecular complexity index is 1140. The summed E-state index contributed by atoms with van der Waals surface area (Å²) in [7, 11) is -4.89. The molecule has 0 heterocycles. The molecule has 0 bridgehead atoms. The maximum Gasteiger partial charge on any atom is 0.524 e. The van der Waals surface area contributed by atoms with Crippen LogP contribution in [0.5, 0.6) is 11.5 Å². The number of rotatable bonds is 13. The third-order valence-corrected chi connectivity index (χ3v) is 5.53. The van der Waals surface area contributed by atoms with E-state index in [2.05, 4.69) is 15.2 Å². The fourth-order valence-electron chi connectivity index (χ4n) is 3.45. The minimum atomic E-state index is -4.89. The molecule has 216 valence electrons. The van der Waals surface area contributed by atoms with Crippen molar-refractivity contribution in [2.75, 3.05) is 6.61 Å². The van der Waals surface area contributed by atoms with Crippen LogP contribution in [0.1, 0.15) is 38.3 Å². The third-order valence-electron chi connectivity index (χ3n) is 5.10. The highest BCUT2D eigenvalue weighted by Crippen LogP contribution is 2.41. The molecule has 8 N–H and O–H groups in total. The number of hydrogen-bond donors (Lipinski definition) is 6. The number of hydrogen-bond acceptors (Lipinski definition) is 9. The maximum atomic E-state index is 13.1. The first-order chi connectivity index (χ1) is 17.9. The van der Waals surface area contributed by atoms with E-state index in [9.17, 15) is 24.1 Å². The molecule has 0 radical (unpaired) electrons. The van der Waals surface area contributed by atoms with Gasteiger partial charge >= 0.3 is 19.9 Å². The van der Waals surface area contributed by atoms with Crippen molar-refractivity contribution in [1.29, 1.82) is 0 Å². The molecule has 2 aromatic carbocycles. The number of nitrogens with one attached hydrogen (secondary N) is 2. The Morgan fingerprint density at radius 2 is 1.62 bits per heavy atom. The van der Waals surface area contributed by atoms with Crippen LogP contribution in [-0.4, -0.2) is 51.6 Å². The lowest BCUT2D eigenvalue weighted by Crippen LogP contribution is -2.53. The Morgan fingerprint density at radius 1 is 0.949 bits per heavy atom. The van der Waals surface area contributed by atoms with E-state index in [0.717, 1.165) is 17.7 Å². The van der Waals surface area contributed by atoms with Crippen LogP contribution in [0, 0.1) is 5.92 Å². The van der Waals surface area contributed by atoms with Crippen molar-refractivity contribution in [3.8, 4) is 11.5 Å². The van der Waals surface area contributed by atoms with Gasteiger partial charge in [-0.05, 0) is 42.5 Å². The summed E-state index contributed by atoms with van der Waals surface area (Å²) in [5.41, 5.74) is 1.12. The summed E-state index contributed by atoms with van der Waals surface area (Å²) in [5, 5.41) is 15.2. The molecular weight excluding hydrogens is 533 g/mol. The fourth-order valence-corrected chi connectivity index (χ4v) is 3.86. The molecule has 0 aromatic heterocycles. The summed E-state index contributed by atoms with van der Waals surface area (Å²) in [6.45, 7) is 5.39. The second kappa shape index (κ2) is 15.7. The van der Waals surface area contributed by atoms with Crippen molar-refractivity contribution in [2.45, 2.75) is 52.3 Å². The van der Waals surface area contributed by atoms with Gasteiger partial charge < -0.3 is 35.9 Å². The predicted molar refractivity (Wildman–Crippen MR) is 141 cm³/mol. The van der Waals surface area contributed by atoms with Gasteiger partial charge in [-0.25, -0.2) is 14.2 Å². The van der Waals surface area contributed by atoms with Crippen LogP contribution in [-0.2, 0) is 36.7 Å². The molecule has 0 spiro atoms. The molecule has 2 amide bonds. The van der Waals surface area contributed by atoms with Crippen LogP contribution in [0.3, 0.4) is 0 Å². The van der Waals surface area contributed by atoms with Gasteiger partial charge in [-0.2, -0.15) is 0 Å². The quantitative estimate of drug-likeness (QED) is 0.152. The predicted octanol–water partition coefficient (Wildman–Crippen LogP) is 2.96. The van der Waals surface area contributed by atoms with Crippen molar-refractivity contribution in [2.24, 2.45) is 5.92 Å². The fraction of sp³-hybridized carbons (Fsp3) is 0.400. The van der Waals surface area contributed by atoms with Gasteiger partial charge in [0, 0.05) is 6.42 Å². The van der Waals surface area contributed by atoms with E-state index in [1.807, 2.05) is 19.9 Å². The molecular formula is C25H36N3O10P. The lowest BCUT2D eigenvalue weighted by Gasteiger charge is -2.23. The van der Waals surface area contributed by atoms with E-state index in [1.54, 1.807) is 31.2 Å². The van der Waals surface area contributed by atoms with Crippen molar-refractivity contribution >= 4 is 25.8 Å². The van der Waals surface area contributed by atoms with Crippen LogP contribution in [0.2, 0.25) is 0 Å². The first kappa shape index (κ1) is 33.4. The molecule has 0 aliphatic rings. The molecule has 0 saturated carbocycles. The highest BCUT2D eigenvalue weighted by Gasteiger charge is 2.29. The number of aromatic hydroxyl groups is 1. The summed E-state index contributed by atoms with van der Waals surface area (Å²) >= 11 is 0. The number of benzene rings is 2. The molecule has 0 saturated heterocycles. The number of phosphoric ester groups is 1. The second-order valence-electron chi connectivity index (χ2n) is 8.79. The first-order valence-electron chi connectivity index (χ1n) is 11.9. The molecule has 13 nitrogen and oxygen atoms in total. The standard InChI is InChI=1S/C25H33N2O10P.H3N/c1-4-35-24(30)20(13-18-10-11-22(21(28)14-18)37-38(32,33)34)26-23(29)19(12-16(2)3)27-25(31)36-15-17-8-6-5-7-9-17;/h5-11,14,16,19-20,28H,4,12-13,15H2,1-3H3,(H,26,29)(H,27,31)(H2,32,33,34);1H3/t19-,20-;/m0./s1. The van der Waals surface area contributed by atoms with Gasteiger partial charge in [0.15, 0.2) is 11.5 Å². The van der Waals surface area contributed by atoms with Gasteiger partial charge in [-0.3, -0.25) is 14.6 Å². The van der Waals surface area contributed by atoms with E-state index >= 15 is 0 Å². The Labute approximate surface area is 226 Å². The maximum absolute atomic E-state index is 13.1. The zero-order valence-corrected chi connectivity index (χ0v) is 22.9. The smallest absolute Gasteiger partial charge is 0.504 e. The number of esters is 1. The van der Waals surface area contributed by atoms with Crippen molar-refractivity contribution in [3.63, 3.8) is 0 Å². The SMILES string of the molecule is CCOC(=O)[C@H](Cc1ccc(OP(=O)(O)O)c(O)c1)NC(=O)[C@H](CC(C)C)NC(=O)OCc1ccccc1.N. The average Bonchev–Trinajstić information content (AvgIpc) is 2.83. The lowest BCUT2D eigenvalue weighted by atomic mass is 10.0. The van der Waals surface area contributed by atoms with E-state index in [1.165, 1.54) is 6.07 Å². The van der Waals surface area contributed by atoms with Crippen molar-refractivity contribution in [1.82, 2.24) is 16.8 Å². The first-order valence-corrected chi connectivity index (χ1v) is 13.4. The molecule has 2 aromatic rings. The number of phenols is 1. The molecule has 2 rings (SSSR count). The number of carbonyl (C=O) groups is 3. The summed E-state index contributed by atoms with van der Waals surface area (Å²) in [4.78, 5) is 56.0. The van der Waals surface area contributed by atoms with Crippen LogP contribution < -0.4 is 21.3 Å². The largest absolute Gasteiger partial charge is 0.524 e. The Kier molecular flexibility index (Phi) is 13.4.